The van der Waals surface area contributed by atoms with Crippen molar-refractivity contribution in [3.8, 4) is 0 Å². The maximum Gasteiger partial charge on any atom is 0.287 e. The lowest BCUT2D eigenvalue weighted by Crippen LogP contribution is -2.47. The van der Waals surface area contributed by atoms with Crippen molar-refractivity contribution >= 4 is 17.6 Å². The molecule has 2 aliphatic rings. The van der Waals surface area contributed by atoms with Crippen molar-refractivity contribution in [1.82, 2.24) is 10.6 Å². The van der Waals surface area contributed by atoms with Crippen LogP contribution in [0.15, 0.2) is 35.3 Å². The Morgan fingerprint density at radius 3 is 2.12 bits per heavy atom. The van der Waals surface area contributed by atoms with Crippen LogP contribution in [-0.4, -0.2) is 29.7 Å². The summed E-state index contributed by atoms with van der Waals surface area (Å²) >= 11 is 0. The lowest BCUT2D eigenvalue weighted by Gasteiger charge is -2.24. The smallest absolute Gasteiger partial charge is 0.287 e. The number of amides is 2. The molecular weight excluding hydrogens is 326 g/mol. The van der Waals surface area contributed by atoms with Crippen LogP contribution < -0.4 is 10.6 Å². The standard InChI is InChI=1S/C21H29N3O2/c25-20(16-10-4-1-5-11-16)24-19(22-17-12-6-2-7-13-17)21(26)23-18-14-8-3-9-15-18/h1,4-5,10-11,17-18H,2-3,6-9,12-15H2,(H,23,26)(H,22,24,25). The van der Waals surface area contributed by atoms with E-state index in [0.717, 1.165) is 51.4 Å². The highest BCUT2D eigenvalue weighted by molar-refractivity contribution is 6.41. The Kier molecular flexibility index (Phi) is 6.81. The molecule has 2 saturated carbocycles. The van der Waals surface area contributed by atoms with Gasteiger partial charge in [0, 0.05) is 11.6 Å². The van der Waals surface area contributed by atoms with Crippen molar-refractivity contribution in [3.05, 3.63) is 35.9 Å². The SMILES string of the molecule is O=C(NC1CCCCC1)C(=NC1CCCCC1)NC(=O)c1ccccc1. The molecule has 5 heteroatoms. The Bertz CT molecular complexity index is 630. The number of rotatable bonds is 3. The van der Waals surface area contributed by atoms with E-state index in [4.69, 9.17) is 0 Å². The van der Waals surface area contributed by atoms with E-state index in [1.54, 1.807) is 12.1 Å². The van der Waals surface area contributed by atoms with Crippen LogP contribution in [0.5, 0.6) is 0 Å². The predicted octanol–water partition coefficient (Wildman–Crippen LogP) is 3.60. The predicted molar refractivity (Wildman–Crippen MR) is 103 cm³/mol. The van der Waals surface area contributed by atoms with Crippen molar-refractivity contribution in [2.24, 2.45) is 4.99 Å². The van der Waals surface area contributed by atoms with Crippen molar-refractivity contribution in [2.75, 3.05) is 0 Å². The highest BCUT2D eigenvalue weighted by atomic mass is 16.2. The van der Waals surface area contributed by atoms with Crippen LogP contribution in [0.4, 0.5) is 0 Å². The van der Waals surface area contributed by atoms with Gasteiger partial charge in [-0.3, -0.25) is 14.6 Å². The molecule has 0 spiro atoms. The normalized spacial score (nSPS) is 19.8. The first-order valence-electron chi connectivity index (χ1n) is 9.97. The maximum atomic E-state index is 12.8. The highest BCUT2D eigenvalue weighted by Crippen LogP contribution is 2.21. The summed E-state index contributed by atoms with van der Waals surface area (Å²) in [6.45, 7) is 0. The summed E-state index contributed by atoms with van der Waals surface area (Å²) in [7, 11) is 0. The second kappa shape index (κ2) is 9.51. The van der Waals surface area contributed by atoms with Gasteiger partial charge in [-0.1, -0.05) is 56.7 Å². The lowest BCUT2D eigenvalue weighted by atomic mass is 9.95. The van der Waals surface area contributed by atoms with Crippen LogP contribution in [0.3, 0.4) is 0 Å². The maximum absolute atomic E-state index is 12.8. The lowest BCUT2D eigenvalue weighted by molar-refractivity contribution is -0.115. The second-order valence-corrected chi connectivity index (χ2v) is 7.40. The molecule has 0 unspecified atom stereocenters. The van der Waals surface area contributed by atoms with Gasteiger partial charge in [-0.25, -0.2) is 0 Å². The largest absolute Gasteiger partial charge is 0.347 e. The second-order valence-electron chi connectivity index (χ2n) is 7.40. The Balaban J connectivity index is 1.71. The zero-order valence-electron chi connectivity index (χ0n) is 15.4. The molecule has 26 heavy (non-hydrogen) atoms. The van der Waals surface area contributed by atoms with E-state index < -0.39 is 0 Å². The zero-order valence-corrected chi connectivity index (χ0v) is 15.4. The minimum absolute atomic E-state index is 0.131. The van der Waals surface area contributed by atoms with Crippen molar-refractivity contribution in [1.29, 1.82) is 0 Å². The summed E-state index contributed by atoms with van der Waals surface area (Å²) in [6.07, 6.45) is 11.0. The molecule has 0 aliphatic heterocycles. The zero-order chi connectivity index (χ0) is 18.2. The fourth-order valence-corrected chi connectivity index (χ4v) is 3.81. The van der Waals surface area contributed by atoms with Crippen molar-refractivity contribution in [2.45, 2.75) is 76.3 Å². The fourth-order valence-electron chi connectivity index (χ4n) is 3.81. The van der Waals surface area contributed by atoms with Gasteiger partial charge in [-0.05, 0) is 37.8 Å². The molecule has 5 nitrogen and oxygen atoms in total. The van der Waals surface area contributed by atoms with E-state index in [-0.39, 0.29) is 29.7 Å². The fraction of sp³-hybridized carbons (Fsp3) is 0.571. The van der Waals surface area contributed by atoms with Gasteiger partial charge in [0.1, 0.15) is 0 Å². The third-order valence-corrected chi connectivity index (χ3v) is 5.31. The van der Waals surface area contributed by atoms with Gasteiger partial charge in [0.05, 0.1) is 6.04 Å². The van der Waals surface area contributed by atoms with Crippen LogP contribution in [0, 0.1) is 0 Å². The molecule has 0 saturated heterocycles. The monoisotopic (exact) mass is 355 g/mol. The highest BCUT2D eigenvalue weighted by Gasteiger charge is 2.23. The molecule has 0 radical (unpaired) electrons. The molecule has 0 aromatic heterocycles. The number of carbonyl (C=O) groups excluding carboxylic acids is 2. The minimum atomic E-state index is -0.279. The third kappa shape index (κ3) is 5.41. The molecule has 1 aromatic carbocycles. The number of hydrogen-bond acceptors (Lipinski definition) is 3. The minimum Gasteiger partial charge on any atom is -0.347 e. The van der Waals surface area contributed by atoms with Gasteiger partial charge >= 0.3 is 0 Å². The number of amidine groups is 1. The molecule has 3 rings (SSSR count). The van der Waals surface area contributed by atoms with E-state index in [1.807, 2.05) is 18.2 Å². The van der Waals surface area contributed by atoms with E-state index in [1.165, 1.54) is 12.8 Å². The number of benzene rings is 1. The number of nitrogens with zero attached hydrogens (tertiary/aromatic N) is 1. The Morgan fingerprint density at radius 1 is 0.846 bits per heavy atom. The first kappa shape index (κ1) is 18.6. The summed E-state index contributed by atoms with van der Waals surface area (Å²) in [6, 6.07) is 9.31. The summed E-state index contributed by atoms with van der Waals surface area (Å²) < 4.78 is 0. The number of nitrogens with one attached hydrogen (secondary N) is 2. The summed E-state index contributed by atoms with van der Waals surface area (Å²) in [5, 5.41) is 5.85. The molecule has 0 atom stereocenters. The van der Waals surface area contributed by atoms with Gasteiger partial charge in [-0.15, -0.1) is 0 Å². The topological polar surface area (TPSA) is 70.6 Å². The first-order valence-corrected chi connectivity index (χ1v) is 9.97. The molecule has 140 valence electrons. The molecule has 0 bridgehead atoms. The van der Waals surface area contributed by atoms with Crippen LogP contribution in [0.25, 0.3) is 0 Å². The van der Waals surface area contributed by atoms with E-state index in [9.17, 15) is 9.59 Å². The Labute approximate surface area is 155 Å². The molecule has 2 amide bonds. The van der Waals surface area contributed by atoms with Crippen molar-refractivity contribution in [3.63, 3.8) is 0 Å². The molecule has 2 fully saturated rings. The molecule has 2 aliphatic carbocycles. The van der Waals surface area contributed by atoms with Gasteiger partial charge < -0.3 is 10.6 Å². The number of carbonyl (C=O) groups is 2. The number of aliphatic imine (C=N–C) groups is 1. The van der Waals surface area contributed by atoms with Crippen LogP contribution in [0.2, 0.25) is 0 Å². The van der Waals surface area contributed by atoms with E-state index >= 15 is 0 Å². The summed E-state index contributed by atoms with van der Waals surface area (Å²) in [5.41, 5.74) is 0.536. The van der Waals surface area contributed by atoms with Crippen LogP contribution in [-0.2, 0) is 4.79 Å². The van der Waals surface area contributed by atoms with Crippen molar-refractivity contribution < 1.29 is 9.59 Å². The van der Waals surface area contributed by atoms with Crippen LogP contribution >= 0.6 is 0 Å². The van der Waals surface area contributed by atoms with E-state index in [0.29, 0.717) is 5.56 Å². The molecular formula is C21H29N3O2. The number of hydrogen-bond donors (Lipinski definition) is 2. The summed E-state index contributed by atoms with van der Waals surface area (Å²) in [5.74, 6) is -0.345. The van der Waals surface area contributed by atoms with Crippen LogP contribution in [0.1, 0.15) is 74.6 Å². The quantitative estimate of drug-likeness (QED) is 0.642. The average molecular weight is 355 g/mol. The Hall–Kier alpha value is -2.17. The molecule has 0 heterocycles. The van der Waals surface area contributed by atoms with E-state index in [2.05, 4.69) is 15.6 Å². The summed E-state index contributed by atoms with van der Waals surface area (Å²) in [4.78, 5) is 30.0. The Morgan fingerprint density at radius 2 is 1.46 bits per heavy atom. The first-order chi connectivity index (χ1) is 12.7. The third-order valence-electron chi connectivity index (χ3n) is 5.31. The van der Waals surface area contributed by atoms with Gasteiger partial charge in [0.2, 0.25) is 0 Å². The van der Waals surface area contributed by atoms with Gasteiger partial charge in [0.15, 0.2) is 5.84 Å². The molecule has 2 N–H and O–H groups in total. The average Bonchev–Trinajstić information content (AvgIpc) is 2.69. The van der Waals surface area contributed by atoms with Gasteiger partial charge in [0.25, 0.3) is 11.8 Å². The molecule has 1 aromatic rings. The van der Waals surface area contributed by atoms with Gasteiger partial charge in [-0.2, -0.15) is 0 Å².